The normalized spacial score (nSPS) is 26.4. The molecule has 0 amide bonds. The van der Waals surface area contributed by atoms with Crippen LogP contribution in [0.2, 0.25) is 0 Å². The van der Waals surface area contributed by atoms with Gasteiger partial charge in [-0.1, -0.05) is 13.8 Å². The van der Waals surface area contributed by atoms with Crippen LogP contribution >= 0.6 is 0 Å². The summed E-state index contributed by atoms with van der Waals surface area (Å²) in [6.45, 7) is 3.85. The molecule has 0 spiro atoms. The van der Waals surface area contributed by atoms with Gasteiger partial charge in [0.15, 0.2) is 0 Å². The average molecular weight is 240 g/mol. The molecule has 1 aromatic rings. The Balaban J connectivity index is 2.17. The lowest BCUT2D eigenvalue weighted by Crippen LogP contribution is -2.57. The first-order valence-electron chi connectivity index (χ1n) is 5.45. The number of hydrogen-bond acceptors (Lipinski definition) is 5. The van der Waals surface area contributed by atoms with E-state index in [1.165, 1.54) is 10.9 Å². The van der Waals surface area contributed by atoms with Gasteiger partial charge < -0.3 is 10.4 Å². The number of hydrogen-bond donors (Lipinski definition) is 2. The summed E-state index contributed by atoms with van der Waals surface area (Å²) in [5, 5.41) is 27.5. The number of rotatable bonds is 3. The summed E-state index contributed by atoms with van der Waals surface area (Å²) in [6, 6.07) is 0.00565. The zero-order chi connectivity index (χ0) is 12.8. The van der Waals surface area contributed by atoms with Crippen LogP contribution in [-0.2, 0) is 7.05 Å². The van der Waals surface area contributed by atoms with Crippen molar-refractivity contribution in [3.8, 4) is 0 Å². The summed E-state index contributed by atoms with van der Waals surface area (Å²) < 4.78 is 1.41. The highest BCUT2D eigenvalue weighted by Crippen LogP contribution is 2.42. The molecule has 1 fully saturated rings. The molecule has 0 aliphatic heterocycles. The van der Waals surface area contributed by atoms with Crippen LogP contribution in [-0.4, -0.2) is 32.0 Å². The molecule has 2 unspecified atom stereocenters. The Morgan fingerprint density at radius 3 is 2.82 bits per heavy atom. The summed E-state index contributed by atoms with van der Waals surface area (Å²) in [5.41, 5.74) is -0.324. The molecule has 0 aromatic carbocycles. The van der Waals surface area contributed by atoms with Crippen molar-refractivity contribution in [2.75, 3.05) is 5.32 Å². The van der Waals surface area contributed by atoms with E-state index in [1.807, 2.05) is 13.8 Å². The summed E-state index contributed by atoms with van der Waals surface area (Å²) >= 11 is 0. The molecule has 2 N–H and O–H groups in total. The first kappa shape index (κ1) is 11.8. The zero-order valence-corrected chi connectivity index (χ0v) is 10.0. The monoisotopic (exact) mass is 240 g/mol. The molecule has 1 heterocycles. The maximum Gasteiger partial charge on any atom is 0.330 e. The lowest BCUT2D eigenvalue weighted by atomic mass is 9.64. The van der Waals surface area contributed by atoms with E-state index in [9.17, 15) is 15.2 Å². The predicted octanol–water partition coefficient (Wildman–Crippen LogP) is 0.900. The molecule has 1 saturated carbocycles. The second-order valence-electron chi connectivity index (χ2n) is 5.06. The number of anilines is 1. The summed E-state index contributed by atoms with van der Waals surface area (Å²) in [7, 11) is 1.64. The molecule has 0 bridgehead atoms. The maximum atomic E-state index is 10.8. The van der Waals surface area contributed by atoms with Crippen molar-refractivity contribution in [3.63, 3.8) is 0 Å². The van der Waals surface area contributed by atoms with Gasteiger partial charge >= 0.3 is 5.69 Å². The Bertz CT molecular complexity index is 454. The second kappa shape index (κ2) is 3.69. The SMILES string of the molecule is Cn1cc([N+](=O)[O-])c(NC2CC(O)C2(C)C)n1. The van der Waals surface area contributed by atoms with Gasteiger partial charge in [-0.2, -0.15) is 0 Å². The van der Waals surface area contributed by atoms with Gasteiger partial charge in [-0.15, -0.1) is 5.10 Å². The maximum absolute atomic E-state index is 10.8. The van der Waals surface area contributed by atoms with Crippen LogP contribution in [0.15, 0.2) is 6.20 Å². The minimum Gasteiger partial charge on any atom is -0.392 e. The Labute approximate surface area is 98.6 Å². The van der Waals surface area contributed by atoms with Crippen molar-refractivity contribution in [1.29, 1.82) is 0 Å². The van der Waals surface area contributed by atoms with Crippen LogP contribution in [0.25, 0.3) is 0 Å². The number of aryl methyl sites for hydroxylation is 1. The Hall–Kier alpha value is -1.63. The molecule has 2 atom stereocenters. The topological polar surface area (TPSA) is 93.2 Å². The third-order valence-electron chi connectivity index (χ3n) is 3.53. The molecular formula is C10H16N4O3. The molecule has 7 nitrogen and oxygen atoms in total. The van der Waals surface area contributed by atoms with Gasteiger partial charge in [0.1, 0.15) is 6.20 Å². The number of aromatic nitrogens is 2. The number of nitro groups is 1. The third-order valence-corrected chi connectivity index (χ3v) is 3.53. The highest BCUT2D eigenvalue weighted by Gasteiger charge is 2.48. The molecule has 94 valence electrons. The van der Waals surface area contributed by atoms with Gasteiger partial charge in [0.05, 0.1) is 11.0 Å². The fourth-order valence-electron chi connectivity index (χ4n) is 2.02. The number of nitrogens with one attached hydrogen (secondary N) is 1. The van der Waals surface area contributed by atoms with Gasteiger partial charge in [0.2, 0.25) is 5.82 Å². The van der Waals surface area contributed by atoms with E-state index in [1.54, 1.807) is 7.05 Å². The fraction of sp³-hybridized carbons (Fsp3) is 0.700. The van der Waals surface area contributed by atoms with Crippen LogP contribution in [0.3, 0.4) is 0 Å². The lowest BCUT2D eigenvalue weighted by Gasteiger charge is -2.49. The number of aliphatic hydroxyl groups excluding tert-OH is 1. The van der Waals surface area contributed by atoms with Crippen LogP contribution in [0.4, 0.5) is 11.5 Å². The molecular weight excluding hydrogens is 224 g/mol. The van der Waals surface area contributed by atoms with E-state index in [2.05, 4.69) is 10.4 Å². The smallest absolute Gasteiger partial charge is 0.330 e. The van der Waals surface area contributed by atoms with Crippen molar-refractivity contribution in [3.05, 3.63) is 16.3 Å². The van der Waals surface area contributed by atoms with Crippen molar-refractivity contribution < 1.29 is 10.0 Å². The predicted molar refractivity (Wildman–Crippen MR) is 61.7 cm³/mol. The zero-order valence-electron chi connectivity index (χ0n) is 10.0. The molecule has 7 heteroatoms. The first-order chi connectivity index (χ1) is 7.82. The molecule has 1 aliphatic carbocycles. The van der Waals surface area contributed by atoms with Crippen LogP contribution in [0.1, 0.15) is 20.3 Å². The number of nitrogens with zero attached hydrogens (tertiary/aromatic N) is 3. The minimum absolute atomic E-state index is 0.00565. The summed E-state index contributed by atoms with van der Waals surface area (Å²) in [4.78, 5) is 10.4. The third kappa shape index (κ3) is 1.86. The van der Waals surface area contributed by atoms with E-state index in [4.69, 9.17) is 0 Å². The molecule has 2 rings (SSSR count). The van der Waals surface area contributed by atoms with E-state index < -0.39 is 4.92 Å². The Morgan fingerprint density at radius 2 is 2.35 bits per heavy atom. The quantitative estimate of drug-likeness (QED) is 0.604. The van der Waals surface area contributed by atoms with Crippen molar-refractivity contribution >= 4 is 11.5 Å². The van der Waals surface area contributed by atoms with Crippen LogP contribution in [0, 0.1) is 15.5 Å². The average Bonchev–Trinajstić information content (AvgIpc) is 2.59. The minimum atomic E-state index is -0.461. The van der Waals surface area contributed by atoms with E-state index in [0.717, 1.165) is 0 Å². The summed E-state index contributed by atoms with van der Waals surface area (Å²) in [5.74, 6) is 0.266. The van der Waals surface area contributed by atoms with Crippen molar-refractivity contribution in [1.82, 2.24) is 9.78 Å². The van der Waals surface area contributed by atoms with Crippen LogP contribution in [0.5, 0.6) is 0 Å². The summed E-state index contributed by atoms with van der Waals surface area (Å²) in [6.07, 6.45) is 1.58. The van der Waals surface area contributed by atoms with Crippen LogP contribution < -0.4 is 5.32 Å². The van der Waals surface area contributed by atoms with Gasteiger partial charge in [0, 0.05) is 18.5 Å². The highest BCUT2D eigenvalue weighted by atomic mass is 16.6. The highest BCUT2D eigenvalue weighted by molar-refractivity contribution is 5.55. The Kier molecular flexibility index (Phi) is 2.57. The largest absolute Gasteiger partial charge is 0.392 e. The van der Waals surface area contributed by atoms with Gasteiger partial charge in [-0.25, -0.2) is 0 Å². The number of aliphatic hydroxyl groups is 1. The van der Waals surface area contributed by atoms with E-state index in [0.29, 0.717) is 6.42 Å². The van der Waals surface area contributed by atoms with Gasteiger partial charge in [-0.3, -0.25) is 14.8 Å². The van der Waals surface area contributed by atoms with E-state index in [-0.39, 0.29) is 29.1 Å². The van der Waals surface area contributed by atoms with Crippen molar-refractivity contribution in [2.24, 2.45) is 12.5 Å². The molecule has 0 saturated heterocycles. The molecule has 1 aliphatic rings. The van der Waals surface area contributed by atoms with Gasteiger partial charge in [0.25, 0.3) is 0 Å². The molecule has 17 heavy (non-hydrogen) atoms. The lowest BCUT2D eigenvalue weighted by molar-refractivity contribution is -0.384. The molecule has 0 radical (unpaired) electrons. The molecule has 1 aromatic heterocycles. The fourth-order valence-corrected chi connectivity index (χ4v) is 2.02. The second-order valence-corrected chi connectivity index (χ2v) is 5.06. The Morgan fingerprint density at radius 1 is 1.71 bits per heavy atom. The van der Waals surface area contributed by atoms with Crippen molar-refractivity contribution in [2.45, 2.75) is 32.4 Å². The first-order valence-corrected chi connectivity index (χ1v) is 5.45. The van der Waals surface area contributed by atoms with Gasteiger partial charge in [-0.05, 0) is 6.42 Å². The standard InChI is InChI=1S/C10H16N4O3/c1-10(2)7(4-8(10)15)11-9-6(14(16)17)5-13(3)12-9/h5,7-8,15H,4H2,1-3H3,(H,11,12). The van der Waals surface area contributed by atoms with E-state index >= 15 is 0 Å².